The highest BCUT2D eigenvalue weighted by molar-refractivity contribution is 5.72. The molecule has 0 aliphatic carbocycles. The Balaban J connectivity index is 1.88. The summed E-state index contributed by atoms with van der Waals surface area (Å²) < 4.78 is 0. The van der Waals surface area contributed by atoms with Gasteiger partial charge in [-0.2, -0.15) is 0 Å². The van der Waals surface area contributed by atoms with E-state index in [1.807, 2.05) is 43.3 Å². The number of pyridine rings is 2. The third-order valence-electron chi connectivity index (χ3n) is 3.43. The Morgan fingerprint density at radius 3 is 2.09 bits per heavy atom. The minimum Gasteiger partial charge on any atom is -0.504 e. The molecule has 0 saturated carbocycles. The Labute approximate surface area is 134 Å². The average molecular weight is 304 g/mol. The summed E-state index contributed by atoms with van der Waals surface area (Å²) in [6.07, 6.45) is 7.30. The van der Waals surface area contributed by atoms with Crippen molar-refractivity contribution in [2.75, 3.05) is 0 Å². The maximum atomic E-state index is 9.51. The number of benzene rings is 1. The van der Waals surface area contributed by atoms with Gasteiger partial charge in [0.2, 0.25) is 0 Å². The maximum absolute atomic E-state index is 9.51. The van der Waals surface area contributed by atoms with E-state index in [-0.39, 0.29) is 11.5 Å². The van der Waals surface area contributed by atoms with Gasteiger partial charge in [-0.05, 0) is 60.0 Å². The second kappa shape index (κ2) is 6.32. The SMILES string of the molecule is Cc1ccnc(-c2cc(/C=C/c3ccc(O)c(O)c3)ccn2)c1. The van der Waals surface area contributed by atoms with Crippen LogP contribution in [0.1, 0.15) is 16.7 Å². The number of rotatable bonds is 3. The fourth-order valence-corrected chi connectivity index (χ4v) is 2.20. The Morgan fingerprint density at radius 2 is 1.39 bits per heavy atom. The smallest absolute Gasteiger partial charge is 0.157 e. The summed E-state index contributed by atoms with van der Waals surface area (Å²) in [6.45, 7) is 2.02. The topological polar surface area (TPSA) is 66.2 Å². The molecule has 23 heavy (non-hydrogen) atoms. The van der Waals surface area contributed by atoms with Gasteiger partial charge in [0.05, 0.1) is 11.4 Å². The molecule has 0 saturated heterocycles. The van der Waals surface area contributed by atoms with Gasteiger partial charge in [0.1, 0.15) is 0 Å². The van der Waals surface area contributed by atoms with Crippen LogP contribution in [-0.4, -0.2) is 20.2 Å². The Bertz CT molecular complexity index is 873. The van der Waals surface area contributed by atoms with Gasteiger partial charge in [-0.3, -0.25) is 9.97 Å². The number of nitrogens with zero attached hydrogens (tertiary/aromatic N) is 2. The summed E-state index contributed by atoms with van der Waals surface area (Å²) in [7, 11) is 0. The van der Waals surface area contributed by atoms with Crippen LogP contribution in [0.3, 0.4) is 0 Å². The van der Waals surface area contributed by atoms with Crippen LogP contribution in [0.4, 0.5) is 0 Å². The Kier molecular flexibility index (Phi) is 4.06. The van der Waals surface area contributed by atoms with Crippen molar-refractivity contribution in [1.82, 2.24) is 9.97 Å². The van der Waals surface area contributed by atoms with E-state index in [0.717, 1.165) is 28.1 Å². The second-order valence-electron chi connectivity index (χ2n) is 5.27. The van der Waals surface area contributed by atoms with Crippen molar-refractivity contribution in [1.29, 1.82) is 0 Å². The fraction of sp³-hybridized carbons (Fsp3) is 0.0526. The van der Waals surface area contributed by atoms with Crippen molar-refractivity contribution in [3.63, 3.8) is 0 Å². The van der Waals surface area contributed by atoms with Gasteiger partial charge in [-0.1, -0.05) is 18.2 Å². The quantitative estimate of drug-likeness (QED) is 0.717. The van der Waals surface area contributed by atoms with Crippen molar-refractivity contribution in [3.8, 4) is 22.9 Å². The lowest BCUT2D eigenvalue weighted by Gasteiger charge is -2.02. The Morgan fingerprint density at radius 1 is 0.739 bits per heavy atom. The third kappa shape index (κ3) is 3.55. The van der Waals surface area contributed by atoms with E-state index in [0.29, 0.717) is 0 Å². The number of aromatic nitrogens is 2. The average Bonchev–Trinajstić information content (AvgIpc) is 2.56. The second-order valence-corrected chi connectivity index (χ2v) is 5.27. The molecule has 4 nitrogen and oxygen atoms in total. The summed E-state index contributed by atoms with van der Waals surface area (Å²) in [6, 6.07) is 12.5. The molecule has 4 heteroatoms. The molecule has 0 unspecified atom stereocenters. The highest BCUT2D eigenvalue weighted by Crippen LogP contribution is 2.26. The minimum atomic E-state index is -0.133. The van der Waals surface area contributed by atoms with E-state index in [1.165, 1.54) is 12.1 Å². The molecular weight excluding hydrogens is 288 g/mol. The van der Waals surface area contributed by atoms with Crippen molar-refractivity contribution in [3.05, 3.63) is 71.5 Å². The van der Waals surface area contributed by atoms with Gasteiger partial charge in [0.25, 0.3) is 0 Å². The molecule has 0 aliphatic heterocycles. The first-order chi connectivity index (χ1) is 11.1. The zero-order chi connectivity index (χ0) is 16.2. The van der Waals surface area contributed by atoms with Crippen molar-refractivity contribution < 1.29 is 10.2 Å². The lowest BCUT2D eigenvalue weighted by molar-refractivity contribution is 0.403. The van der Waals surface area contributed by atoms with Crippen molar-refractivity contribution >= 4 is 12.2 Å². The molecule has 0 atom stereocenters. The highest BCUT2D eigenvalue weighted by atomic mass is 16.3. The van der Waals surface area contributed by atoms with Crippen molar-refractivity contribution in [2.45, 2.75) is 6.92 Å². The zero-order valence-electron chi connectivity index (χ0n) is 12.6. The van der Waals surface area contributed by atoms with Crippen LogP contribution in [0.2, 0.25) is 0 Å². The molecule has 0 fully saturated rings. The van der Waals surface area contributed by atoms with E-state index in [4.69, 9.17) is 0 Å². The molecule has 3 aromatic rings. The summed E-state index contributed by atoms with van der Waals surface area (Å²) in [5.41, 5.74) is 4.56. The first-order valence-corrected chi connectivity index (χ1v) is 7.21. The zero-order valence-corrected chi connectivity index (χ0v) is 12.6. The Hall–Kier alpha value is -3.14. The van der Waals surface area contributed by atoms with Crippen LogP contribution >= 0.6 is 0 Å². The number of hydrogen-bond acceptors (Lipinski definition) is 4. The number of aromatic hydroxyl groups is 2. The first kappa shape index (κ1) is 14.8. The van der Waals surface area contributed by atoms with Gasteiger partial charge in [0.15, 0.2) is 11.5 Å². The van der Waals surface area contributed by atoms with Crippen molar-refractivity contribution in [2.24, 2.45) is 0 Å². The molecule has 3 rings (SSSR count). The molecule has 0 spiro atoms. The van der Waals surface area contributed by atoms with Crippen LogP contribution in [0.5, 0.6) is 11.5 Å². The van der Waals surface area contributed by atoms with E-state index in [2.05, 4.69) is 9.97 Å². The summed E-state index contributed by atoms with van der Waals surface area (Å²) in [5.74, 6) is -0.259. The maximum Gasteiger partial charge on any atom is 0.157 e. The molecule has 0 aliphatic rings. The molecule has 2 N–H and O–H groups in total. The molecule has 0 amide bonds. The lowest BCUT2D eigenvalue weighted by atomic mass is 10.1. The first-order valence-electron chi connectivity index (χ1n) is 7.21. The van der Waals surface area contributed by atoms with Gasteiger partial charge in [-0.25, -0.2) is 0 Å². The normalized spacial score (nSPS) is 11.0. The molecule has 2 heterocycles. The predicted octanol–water partition coefficient (Wildman–Crippen LogP) is 4.03. The highest BCUT2D eigenvalue weighted by Gasteiger charge is 2.02. The standard InChI is InChI=1S/C19H16N2O2/c1-13-6-8-20-16(10-13)17-11-15(7-9-21-17)3-2-14-4-5-18(22)19(23)12-14/h2-12,22-23H,1H3/b3-2+. The van der Waals surface area contributed by atoms with Gasteiger partial charge < -0.3 is 10.2 Å². The molecule has 0 bridgehead atoms. The molecule has 1 aromatic carbocycles. The number of hydrogen-bond donors (Lipinski definition) is 2. The fourth-order valence-electron chi connectivity index (χ4n) is 2.20. The summed E-state index contributed by atoms with van der Waals surface area (Å²) in [5, 5.41) is 18.8. The monoisotopic (exact) mass is 304 g/mol. The van der Waals surface area contributed by atoms with Gasteiger partial charge >= 0.3 is 0 Å². The van der Waals surface area contributed by atoms with Crippen LogP contribution in [0.15, 0.2) is 54.9 Å². The van der Waals surface area contributed by atoms with E-state index in [9.17, 15) is 10.2 Å². The molecular formula is C19H16N2O2. The van der Waals surface area contributed by atoms with E-state index >= 15 is 0 Å². The molecule has 0 radical (unpaired) electrons. The van der Waals surface area contributed by atoms with Gasteiger partial charge in [0, 0.05) is 12.4 Å². The minimum absolute atomic E-state index is 0.126. The number of phenolic OH excluding ortho intramolecular Hbond substituents is 2. The number of phenols is 2. The van der Waals surface area contributed by atoms with Crippen LogP contribution < -0.4 is 0 Å². The number of aryl methyl sites for hydroxylation is 1. The van der Waals surface area contributed by atoms with Crippen LogP contribution in [0.25, 0.3) is 23.5 Å². The van der Waals surface area contributed by atoms with E-state index in [1.54, 1.807) is 18.5 Å². The van der Waals surface area contributed by atoms with Gasteiger partial charge in [-0.15, -0.1) is 0 Å². The summed E-state index contributed by atoms with van der Waals surface area (Å²) in [4.78, 5) is 8.71. The third-order valence-corrected chi connectivity index (χ3v) is 3.43. The lowest BCUT2D eigenvalue weighted by Crippen LogP contribution is -1.88. The predicted molar refractivity (Wildman–Crippen MR) is 90.9 cm³/mol. The molecule has 114 valence electrons. The molecule has 2 aromatic heterocycles. The van der Waals surface area contributed by atoms with Crippen LogP contribution in [-0.2, 0) is 0 Å². The summed E-state index contributed by atoms with van der Waals surface area (Å²) >= 11 is 0. The van der Waals surface area contributed by atoms with Crippen LogP contribution in [0, 0.1) is 6.92 Å². The van der Waals surface area contributed by atoms with E-state index < -0.39 is 0 Å². The largest absolute Gasteiger partial charge is 0.504 e.